The molecular formula is C15H15ClN2O. The third-order valence-electron chi connectivity index (χ3n) is 2.57. The van der Waals surface area contributed by atoms with Gasteiger partial charge in [-0.25, -0.2) is 0 Å². The Labute approximate surface area is 117 Å². The molecule has 0 aliphatic rings. The van der Waals surface area contributed by atoms with Crippen molar-refractivity contribution in [3.8, 4) is 5.75 Å². The number of nitrogens with zero attached hydrogens (tertiary/aromatic N) is 1. The van der Waals surface area contributed by atoms with Gasteiger partial charge in [-0.1, -0.05) is 29.8 Å². The molecule has 0 aromatic heterocycles. The van der Waals surface area contributed by atoms with Crippen LogP contribution in [0.4, 0.5) is 0 Å². The number of nitrogens with one attached hydrogen (secondary N) is 1. The lowest BCUT2D eigenvalue weighted by Crippen LogP contribution is -1.97. The highest BCUT2D eigenvalue weighted by Crippen LogP contribution is 2.18. The number of halogens is 1. The average molecular weight is 275 g/mol. The zero-order chi connectivity index (χ0) is 13.5. The molecule has 2 aromatic carbocycles. The summed E-state index contributed by atoms with van der Waals surface area (Å²) in [6.45, 7) is 0.462. The van der Waals surface area contributed by atoms with Crippen molar-refractivity contribution in [2.24, 2.45) is 5.10 Å². The maximum Gasteiger partial charge on any atom is 0.119 e. The average Bonchev–Trinajstić information content (AvgIpc) is 2.45. The Morgan fingerprint density at radius 3 is 2.58 bits per heavy atom. The SMILES string of the molecule is CN/N=C/c1ccc(OCc2ccccc2Cl)cc1. The molecule has 4 heteroatoms. The highest BCUT2D eigenvalue weighted by Gasteiger charge is 2.00. The second-order valence-corrected chi connectivity index (χ2v) is 4.34. The summed E-state index contributed by atoms with van der Waals surface area (Å²) in [6, 6.07) is 15.4. The van der Waals surface area contributed by atoms with Crippen molar-refractivity contribution in [2.75, 3.05) is 7.05 Å². The first-order chi connectivity index (χ1) is 9.29. The molecule has 2 rings (SSSR count). The zero-order valence-corrected chi connectivity index (χ0v) is 11.4. The van der Waals surface area contributed by atoms with Crippen LogP contribution in [0.15, 0.2) is 53.6 Å². The van der Waals surface area contributed by atoms with Gasteiger partial charge in [-0.05, 0) is 35.9 Å². The van der Waals surface area contributed by atoms with Gasteiger partial charge in [0, 0.05) is 17.6 Å². The molecule has 0 heterocycles. The summed E-state index contributed by atoms with van der Waals surface area (Å²) >= 11 is 6.07. The minimum absolute atomic E-state index is 0.462. The van der Waals surface area contributed by atoms with E-state index < -0.39 is 0 Å². The van der Waals surface area contributed by atoms with Crippen molar-refractivity contribution in [1.82, 2.24) is 5.43 Å². The predicted octanol–water partition coefficient (Wildman–Crippen LogP) is 3.47. The van der Waals surface area contributed by atoms with Crippen molar-refractivity contribution in [3.63, 3.8) is 0 Å². The van der Waals surface area contributed by atoms with E-state index in [-0.39, 0.29) is 0 Å². The van der Waals surface area contributed by atoms with E-state index >= 15 is 0 Å². The third-order valence-corrected chi connectivity index (χ3v) is 2.94. The van der Waals surface area contributed by atoms with Gasteiger partial charge in [0.15, 0.2) is 0 Å². The predicted molar refractivity (Wildman–Crippen MR) is 78.9 cm³/mol. The van der Waals surface area contributed by atoms with Crippen LogP contribution in [0, 0.1) is 0 Å². The van der Waals surface area contributed by atoms with Crippen molar-refractivity contribution in [3.05, 3.63) is 64.7 Å². The number of hydrogen-bond acceptors (Lipinski definition) is 3. The molecule has 0 radical (unpaired) electrons. The van der Waals surface area contributed by atoms with Gasteiger partial charge in [0.2, 0.25) is 0 Å². The summed E-state index contributed by atoms with van der Waals surface area (Å²) in [5.74, 6) is 0.807. The van der Waals surface area contributed by atoms with Gasteiger partial charge < -0.3 is 10.2 Å². The first-order valence-electron chi connectivity index (χ1n) is 5.95. The number of benzene rings is 2. The minimum Gasteiger partial charge on any atom is -0.489 e. The lowest BCUT2D eigenvalue weighted by molar-refractivity contribution is 0.306. The number of rotatable bonds is 5. The van der Waals surface area contributed by atoms with E-state index in [4.69, 9.17) is 16.3 Å². The van der Waals surface area contributed by atoms with Crippen molar-refractivity contribution in [1.29, 1.82) is 0 Å². The lowest BCUT2D eigenvalue weighted by Gasteiger charge is -2.07. The molecule has 0 bridgehead atoms. The van der Waals surface area contributed by atoms with Gasteiger partial charge in [-0.2, -0.15) is 5.10 Å². The van der Waals surface area contributed by atoms with Gasteiger partial charge in [-0.3, -0.25) is 0 Å². The summed E-state index contributed by atoms with van der Waals surface area (Å²) in [6.07, 6.45) is 1.75. The molecule has 0 fully saturated rings. The van der Waals surface area contributed by atoms with Crippen LogP contribution in [0.25, 0.3) is 0 Å². The fourth-order valence-corrected chi connectivity index (χ4v) is 1.76. The van der Waals surface area contributed by atoms with Crippen molar-refractivity contribution >= 4 is 17.8 Å². The smallest absolute Gasteiger partial charge is 0.119 e. The maximum atomic E-state index is 6.07. The minimum atomic E-state index is 0.462. The van der Waals surface area contributed by atoms with Gasteiger partial charge in [0.25, 0.3) is 0 Å². The number of hydrazone groups is 1. The molecule has 0 saturated carbocycles. The summed E-state index contributed by atoms with van der Waals surface area (Å²) in [4.78, 5) is 0. The monoisotopic (exact) mass is 274 g/mol. The van der Waals surface area contributed by atoms with E-state index in [1.165, 1.54) is 0 Å². The fraction of sp³-hybridized carbons (Fsp3) is 0.133. The fourth-order valence-electron chi connectivity index (χ4n) is 1.57. The molecule has 0 aliphatic heterocycles. The molecular weight excluding hydrogens is 260 g/mol. The van der Waals surface area contributed by atoms with Gasteiger partial charge in [0.1, 0.15) is 12.4 Å². The summed E-state index contributed by atoms with van der Waals surface area (Å²) < 4.78 is 5.69. The molecule has 0 atom stereocenters. The first-order valence-corrected chi connectivity index (χ1v) is 6.33. The molecule has 3 nitrogen and oxygen atoms in total. The molecule has 0 unspecified atom stereocenters. The Hall–Kier alpha value is -2.00. The highest BCUT2D eigenvalue weighted by molar-refractivity contribution is 6.31. The molecule has 0 amide bonds. The number of hydrogen-bond donors (Lipinski definition) is 1. The molecule has 2 aromatic rings. The van der Waals surface area contributed by atoms with E-state index in [0.29, 0.717) is 6.61 Å². The highest BCUT2D eigenvalue weighted by atomic mass is 35.5. The Balaban J connectivity index is 1.97. The maximum absolute atomic E-state index is 6.07. The largest absolute Gasteiger partial charge is 0.489 e. The van der Waals surface area contributed by atoms with E-state index in [1.54, 1.807) is 13.3 Å². The lowest BCUT2D eigenvalue weighted by atomic mass is 10.2. The summed E-state index contributed by atoms with van der Waals surface area (Å²) in [5, 5.41) is 4.67. The molecule has 0 spiro atoms. The van der Waals surface area contributed by atoms with Gasteiger partial charge in [-0.15, -0.1) is 0 Å². The molecule has 0 saturated heterocycles. The Bertz CT molecular complexity index is 552. The van der Waals surface area contributed by atoms with Crippen molar-refractivity contribution < 1.29 is 4.74 Å². The first kappa shape index (κ1) is 13.4. The number of ether oxygens (including phenoxy) is 1. The van der Waals surface area contributed by atoms with Crippen LogP contribution in [0.1, 0.15) is 11.1 Å². The summed E-state index contributed by atoms with van der Waals surface area (Å²) in [5.41, 5.74) is 4.70. The summed E-state index contributed by atoms with van der Waals surface area (Å²) in [7, 11) is 1.76. The van der Waals surface area contributed by atoms with E-state index in [1.807, 2.05) is 48.5 Å². The van der Waals surface area contributed by atoms with E-state index in [2.05, 4.69) is 10.5 Å². The van der Waals surface area contributed by atoms with Crippen LogP contribution >= 0.6 is 11.6 Å². The molecule has 98 valence electrons. The van der Waals surface area contributed by atoms with Crippen LogP contribution in [0.5, 0.6) is 5.75 Å². The molecule has 19 heavy (non-hydrogen) atoms. The normalized spacial score (nSPS) is 10.6. The van der Waals surface area contributed by atoms with Crippen LogP contribution in [0.2, 0.25) is 5.02 Å². The third kappa shape index (κ3) is 4.00. The second kappa shape index (κ2) is 6.81. The van der Waals surface area contributed by atoms with Crippen LogP contribution in [-0.2, 0) is 6.61 Å². The second-order valence-electron chi connectivity index (χ2n) is 3.93. The zero-order valence-electron chi connectivity index (χ0n) is 10.6. The van der Waals surface area contributed by atoms with E-state index in [9.17, 15) is 0 Å². The van der Waals surface area contributed by atoms with Crippen LogP contribution in [0.3, 0.4) is 0 Å². The Morgan fingerprint density at radius 1 is 1.16 bits per heavy atom. The standard InChI is InChI=1S/C15H15ClN2O/c1-17-18-10-12-6-8-14(9-7-12)19-11-13-4-2-3-5-15(13)16/h2-10,17H,11H2,1H3/b18-10+. The van der Waals surface area contributed by atoms with Crippen molar-refractivity contribution in [2.45, 2.75) is 6.61 Å². The molecule has 0 aliphatic carbocycles. The van der Waals surface area contributed by atoms with Crippen LogP contribution in [-0.4, -0.2) is 13.3 Å². The van der Waals surface area contributed by atoms with Gasteiger partial charge >= 0.3 is 0 Å². The quantitative estimate of drug-likeness (QED) is 0.669. The van der Waals surface area contributed by atoms with Gasteiger partial charge in [0.05, 0.1) is 6.21 Å². The molecule has 1 N–H and O–H groups in total. The topological polar surface area (TPSA) is 33.6 Å². The van der Waals surface area contributed by atoms with Crippen LogP contribution < -0.4 is 10.2 Å². The van der Waals surface area contributed by atoms with E-state index in [0.717, 1.165) is 21.9 Å². The Morgan fingerprint density at radius 2 is 1.89 bits per heavy atom. The Kier molecular flexibility index (Phi) is 4.81.